The molecule has 0 spiro atoms. The first kappa shape index (κ1) is 18.8. The average Bonchev–Trinajstić information content (AvgIpc) is 2.60. The Morgan fingerprint density at radius 3 is 2.58 bits per heavy atom. The van der Waals surface area contributed by atoms with Crippen LogP contribution in [0.2, 0.25) is 0 Å². The molecule has 0 bridgehead atoms. The van der Waals surface area contributed by atoms with E-state index in [-0.39, 0.29) is 0 Å². The third-order valence-electron chi connectivity index (χ3n) is 4.90. The lowest BCUT2D eigenvalue weighted by Gasteiger charge is -2.30. The van der Waals surface area contributed by atoms with Gasteiger partial charge in [-0.3, -0.25) is 4.99 Å². The van der Waals surface area contributed by atoms with Gasteiger partial charge in [0.05, 0.1) is 0 Å². The molecule has 0 aliphatic carbocycles. The van der Waals surface area contributed by atoms with Gasteiger partial charge in [-0.2, -0.15) is 0 Å². The van der Waals surface area contributed by atoms with Crippen LogP contribution in [-0.4, -0.2) is 56.0 Å². The molecule has 0 aromatic heterocycles. The first-order chi connectivity index (χ1) is 11.7. The van der Waals surface area contributed by atoms with Crippen molar-refractivity contribution in [1.29, 1.82) is 0 Å². The SMILES string of the molecule is CN=C(NCCCCN1CCC(C)CC1)N(C)Cc1ccccc1. The van der Waals surface area contributed by atoms with Crippen molar-refractivity contribution in [3.8, 4) is 0 Å². The molecule has 24 heavy (non-hydrogen) atoms. The standard InChI is InChI=1S/C20H34N4/c1-18-11-15-24(16-12-18)14-8-7-13-22-20(21-2)23(3)17-19-9-5-4-6-10-19/h4-6,9-10,18H,7-8,11-17H2,1-3H3,(H,21,22). The molecule has 0 saturated carbocycles. The highest BCUT2D eigenvalue weighted by molar-refractivity contribution is 5.79. The number of hydrogen-bond acceptors (Lipinski definition) is 2. The molecule has 1 fully saturated rings. The van der Waals surface area contributed by atoms with Crippen LogP contribution in [0.5, 0.6) is 0 Å². The van der Waals surface area contributed by atoms with Crippen LogP contribution in [0.3, 0.4) is 0 Å². The Bertz CT molecular complexity index is 478. The van der Waals surface area contributed by atoms with E-state index in [9.17, 15) is 0 Å². The second-order valence-electron chi connectivity index (χ2n) is 7.05. The molecule has 134 valence electrons. The van der Waals surface area contributed by atoms with Gasteiger partial charge in [0.25, 0.3) is 0 Å². The smallest absolute Gasteiger partial charge is 0.193 e. The number of rotatable bonds is 7. The van der Waals surface area contributed by atoms with Crippen molar-refractivity contribution in [2.75, 3.05) is 40.3 Å². The number of aliphatic imine (C=N–C) groups is 1. The molecule has 4 nitrogen and oxygen atoms in total. The second-order valence-corrected chi connectivity index (χ2v) is 7.05. The van der Waals surface area contributed by atoms with Gasteiger partial charge in [-0.15, -0.1) is 0 Å². The summed E-state index contributed by atoms with van der Waals surface area (Å²) in [6.07, 6.45) is 5.20. The molecule has 0 amide bonds. The Balaban J connectivity index is 1.61. The minimum atomic E-state index is 0.881. The van der Waals surface area contributed by atoms with Crippen molar-refractivity contribution in [2.45, 2.75) is 39.2 Å². The van der Waals surface area contributed by atoms with Crippen molar-refractivity contribution in [1.82, 2.24) is 15.1 Å². The maximum atomic E-state index is 4.40. The lowest BCUT2D eigenvalue weighted by Crippen LogP contribution is -2.39. The fraction of sp³-hybridized carbons (Fsp3) is 0.650. The fourth-order valence-electron chi connectivity index (χ4n) is 3.26. The molecule has 4 heteroatoms. The highest BCUT2D eigenvalue weighted by Crippen LogP contribution is 2.16. The first-order valence-corrected chi connectivity index (χ1v) is 9.37. The molecule has 0 unspecified atom stereocenters. The van der Waals surface area contributed by atoms with Gasteiger partial charge in [0, 0.05) is 27.2 Å². The molecule has 0 radical (unpaired) electrons. The van der Waals surface area contributed by atoms with Crippen LogP contribution in [0, 0.1) is 5.92 Å². The van der Waals surface area contributed by atoms with Gasteiger partial charge in [-0.05, 0) is 56.8 Å². The predicted octanol–water partition coefficient (Wildman–Crippen LogP) is 3.21. The largest absolute Gasteiger partial charge is 0.356 e. The van der Waals surface area contributed by atoms with E-state index in [2.05, 4.69) is 64.4 Å². The molecular formula is C20H34N4. The minimum Gasteiger partial charge on any atom is -0.356 e. The summed E-state index contributed by atoms with van der Waals surface area (Å²) in [5.74, 6) is 1.90. The zero-order chi connectivity index (χ0) is 17.2. The molecule has 1 heterocycles. The summed E-state index contributed by atoms with van der Waals surface area (Å²) in [6, 6.07) is 10.5. The highest BCUT2D eigenvalue weighted by atomic mass is 15.3. The van der Waals surface area contributed by atoms with Gasteiger partial charge in [-0.25, -0.2) is 0 Å². The van der Waals surface area contributed by atoms with Gasteiger partial charge >= 0.3 is 0 Å². The maximum absolute atomic E-state index is 4.40. The first-order valence-electron chi connectivity index (χ1n) is 9.37. The van der Waals surface area contributed by atoms with Crippen LogP contribution < -0.4 is 5.32 Å². The van der Waals surface area contributed by atoms with E-state index in [1.807, 2.05) is 7.05 Å². The van der Waals surface area contributed by atoms with Crippen LogP contribution >= 0.6 is 0 Å². The topological polar surface area (TPSA) is 30.9 Å². The lowest BCUT2D eigenvalue weighted by atomic mass is 9.99. The Kier molecular flexibility index (Phi) is 8.10. The van der Waals surface area contributed by atoms with Crippen molar-refractivity contribution in [3.05, 3.63) is 35.9 Å². The number of piperidine rings is 1. The van der Waals surface area contributed by atoms with E-state index in [0.29, 0.717) is 0 Å². The van der Waals surface area contributed by atoms with Gasteiger partial charge in [0.15, 0.2) is 5.96 Å². The van der Waals surface area contributed by atoms with Crippen molar-refractivity contribution in [2.24, 2.45) is 10.9 Å². The van der Waals surface area contributed by atoms with Crippen molar-refractivity contribution in [3.63, 3.8) is 0 Å². The molecule has 1 aliphatic rings. The van der Waals surface area contributed by atoms with Crippen LogP contribution in [0.1, 0.15) is 38.2 Å². The Labute approximate surface area is 147 Å². The van der Waals surface area contributed by atoms with Crippen molar-refractivity contribution >= 4 is 5.96 Å². The fourth-order valence-corrected chi connectivity index (χ4v) is 3.26. The molecule has 2 rings (SSSR count). The molecule has 1 N–H and O–H groups in total. The number of guanidine groups is 1. The van der Waals surface area contributed by atoms with Crippen molar-refractivity contribution < 1.29 is 0 Å². The highest BCUT2D eigenvalue weighted by Gasteiger charge is 2.14. The van der Waals surface area contributed by atoms with Gasteiger partial charge in [0.2, 0.25) is 0 Å². The molecule has 0 atom stereocenters. The minimum absolute atomic E-state index is 0.881. The normalized spacial score (nSPS) is 17.0. The zero-order valence-corrected chi connectivity index (χ0v) is 15.7. The van der Waals surface area contributed by atoms with Crippen LogP contribution in [-0.2, 0) is 6.54 Å². The number of benzene rings is 1. The van der Waals surface area contributed by atoms with Gasteiger partial charge in [0.1, 0.15) is 0 Å². The summed E-state index contributed by atoms with van der Waals surface area (Å²) in [4.78, 5) is 9.20. The summed E-state index contributed by atoms with van der Waals surface area (Å²) < 4.78 is 0. The van der Waals surface area contributed by atoms with E-state index in [4.69, 9.17) is 0 Å². The maximum Gasteiger partial charge on any atom is 0.193 e. The molecule has 1 aliphatic heterocycles. The third-order valence-corrected chi connectivity index (χ3v) is 4.90. The van der Waals surface area contributed by atoms with E-state index in [0.717, 1.165) is 25.0 Å². The number of nitrogens with zero attached hydrogens (tertiary/aromatic N) is 3. The summed E-state index contributed by atoms with van der Waals surface area (Å²) in [5.41, 5.74) is 1.31. The molecule has 1 aromatic rings. The number of nitrogens with one attached hydrogen (secondary N) is 1. The average molecular weight is 331 g/mol. The number of hydrogen-bond donors (Lipinski definition) is 1. The predicted molar refractivity (Wildman–Crippen MR) is 103 cm³/mol. The number of unbranched alkanes of at least 4 members (excludes halogenated alkanes) is 1. The van der Waals surface area contributed by atoms with Gasteiger partial charge < -0.3 is 15.1 Å². The van der Waals surface area contributed by atoms with Crippen LogP contribution in [0.4, 0.5) is 0 Å². The summed E-state index contributed by atoms with van der Waals surface area (Å²) in [7, 11) is 3.95. The summed E-state index contributed by atoms with van der Waals surface area (Å²) >= 11 is 0. The van der Waals surface area contributed by atoms with E-state index in [1.165, 1.54) is 50.9 Å². The van der Waals surface area contributed by atoms with E-state index < -0.39 is 0 Å². The Morgan fingerprint density at radius 1 is 1.21 bits per heavy atom. The second kappa shape index (κ2) is 10.3. The summed E-state index contributed by atoms with van der Waals surface area (Å²) in [5, 5.41) is 3.49. The van der Waals surface area contributed by atoms with E-state index >= 15 is 0 Å². The zero-order valence-electron chi connectivity index (χ0n) is 15.7. The molecule has 1 saturated heterocycles. The Morgan fingerprint density at radius 2 is 1.92 bits per heavy atom. The quantitative estimate of drug-likeness (QED) is 0.473. The van der Waals surface area contributed by atoms with E-state index in [1.54, 1.807) is 0 Å². The Hall–Kier alpha value is -1.55. The molecular weight excluding hydrogens is 296 g/mol. The lowest BCUT2D eigenvalue weighted by molar-refractivity contribution is 0.189. The van der Waals surface area contributed by atoms with Crippen LogP contribution in [0.25, 0.3) is 0 Å². The van der Waals surface area contributed by atoms with Gasteiger partial charge in [-0.1, -0.05) is 37.3 Å². The number of likely N-dealkylation sites (tertiary alicyclic amines) is 1. The third kappa shape index (κ3) is 6.52. The summed E-state index contributed by atoms with van der Waals surface area (Å²) in [6.45, 7) is 8.07. The monoisotopic (exact) mass is 330 g/mol. The van der Waals surface area contributed by atoms with Crippen LogP contribution in [0.15, 0.2) is 35.3 Å². The molecule has 1 aromatic carbocycles.